The van der Waals surface area contributed by atoms with Gasteiger partial charge in [-0.3, -0.25) is 9.36 Å². The summed E-state index contributed by atoms with van der Waals surface area (Å²) in [6.45, 7) is 3.30. The third-order valence-electron chi connectivity index (χ3n) is 3.61. The van der Waals surface area contributed by atoms with Gasteiger partial charge in [0.1, 0.15) is 5.82 Å². The van der Waals surface area contributed by atoms with Gasteiger partial charge in [-0.25, -0.2) is 4.39 Å². The Hall–Kier alpha value is -1.46. The third kappa shape index (κ3) is 2.21. The third-order valence-corrected chi connectivity index (χ3v) is 4.19. The second-order valence-corrected chi connectivity index (χ2v) is 5.78. The van der Waals surface area contributed by atoms with Gasteiger partial charge in [0.05, 0.1) is 4.60 Å². The summed E-state index contributed by atoms with van der Waals surface area (Å²) in [4.78, 5) is 12.7. The lowest BCUT2D eigenvalue weighted by Crippen LogP contribution is -2.26. The zero-order valence-electron chi connectivity index (χ0n) is 11.0. The van der Waals surface area contributed by atoms with Gasteiger partial charge in [-0.15, -0.1) is 0 Å². The second-order valence-electron chi connectivity index (χ2n) is 4.97. The van der Waals surface area contributed by atoms with E-state index >= 15 is 0 Å². The Labute approximate surface area is 124 Å². The Morgan fingerprint density at radius 3 is 2.95 bits per heavy atom. The van der Waals surface area contributed by atoms with E-state index in [1.54, 1.807) is 17.6 Å². The summed E-state index contributed by atoms with van der Waals surface area (Å²) in [5.74, 6) is -0.414. The maximum Gasteiger partial charge on any atom is 0.263 e. The number of carbonyl (C=O) groups excluding carboxylic acids is 1. The Morgan fingerprint density at radius 1 is 1.40 bits per heavy atom. The fourth-order valence-electron chi connectivity index (χ4n) is 2.55. The predicted molar refractivity (Wildman–Crippen MR) is 78.4 cm³/mol. The summed E-state index contributed by atoms with van der Waals surface area (Å²) in [5.41, 5.74) is 3.15. The summed E-state index contributed by atoms with van der Waals surface area (Å²) < 4.78 is 15.8. The SMILES string of the molecule is Cc1cc(C(=O)n2c(Br)cc3c2CCNC3)ccc1F. The first kappa shape index (κ1) is 13.5. The highest BCUT2D eigenvalue weighted by Gasteiger charge is 2.22. The van der Waals surface area contributed by atoms with Gasteiger partial charge in [0, 0.05) is 30.8 Å². The maximum atomic E-state index is 13.3. The van der Waals surface area contributed by atoms with Crippen molar-refractivity contribution in [2.24, 2.45) is 0 Å². The summed E-state index contributed by atoms with van der Waals surface area (Å²) in [6, 6.07) is 6.44. The number of benzene rings is 1. The van der Waals surface area contributed by atoms with Gasteiger partial charge < -0.3 is 5.32 Å². The molecule has 2 aromatic rings. The molecule has 104 valence electrons. The first-order valence-electron chi connectivity index (χ1n) is 6.48. The Balaban J connectivity index is 2.06. The zero-order chi connectivity index (χ0) is 14.3. The van der Waals surface area contributed by atoms with E-state index < -0.39 is 0 Å². The van der Waals surface area contributed by atoms with Crippen LogP contribution in [0, 0.1) is 12.7 Å². The molecule has 0 atom stereocenters. The Kier molecular flexibility index (Phi) is 3.48. The lowest BCUT2D eigenvalue weighted by molar-refractivity contribution is 0.0954. The van der Waals surface area contributed by atoms with Gasteiger partial charge in [0.15, 0.2) is 0 Å². The maximum absolute atomic E-state index is 13.3. The lowest BCUT2D eigenvalue weighted by Gasteiger charge is -2.16. The molecule has 1 aromatic carbocycles. The van der Waals surface area contributed by atoms with Crippen molar-refractivity contribution in [1.82, 2.24) is 9.88 Å². The molecule has 0 radical (unpaired) electrons. The van der Waals surface area contributed by atoms with E-state index in [-0.39, 0.29) is 11.7 Å². The standard InChI is InChI=1S/C15H14BrFN2O/c1-9-6-10(2-3-12(9)17)15(20)19-13-4-5-18-8-11(13)7-14(19)16/h2-3,6-7,18H,4-5,8H2,1H3. The molecule has 2 heterocycles. The Morgan fingerprint density at radius 2 is 2.20 bits per heavy atom. The molecule has 0 saturated carbocycles. The molecule has 3 rings (SSSR count). The molecule has 0 amide bonds. The highest BCUT2D eigenvalue weighted by molar-refractivity contribution is 9.10. The molecule has 3 nitrogen and oxygen atoms in total. The number of aryl methyl sites for hydroxylation is 1. The molecule has 1 aromatic heterocycles. The van der Waals surface area contributed by atoms with Crippen LogP contribution in [0.2, 0.25) is 0 Å². The van der Waals surface area contributed by atoms with E-state index in [1.807, 2.05) is 6.07 Å². The van der Waals surface area contributed by atoms with Crippen molar-refractivity contribution in [1.29, 1.82) is 0 Å². The van der Waals surface area contributed by atoms with E-state index in [0.29, 0.717) is 11.1 Å². The number of carbonyl (C=O) groups is 1. The highest BCUT2D eigenvalue weighted by atomic mass is 79.9. The topological polar surface area (TPSA) is 34.0 Å². The van der Waals surface area contributed by atoms with Crippen molar-refractivity contribution < 1.29 is 9.18 Å². The van der Waals surface area contributed by atoms with E-state index in [9.17, 15) is 9.18 Å². The highest BCUT2D eigenvalue weighted by Crippen LogP contribution is 2.25. The molecule has 5 heteroatoms. The van der Waals surface area contributed by atoms with Gasteiger partial charge in [0.25, 0.3) is 5.91 Å². The minimum Gasteiger partial charge on any atom is -0.312 e. The van der Waals surface area contributed by atoms with E-state index in [4.69, 9.17) is 0 Å². The summed E-state index contributed by atoms with van der Waals surface area (Å²) in [7, 11) is 0. The number of rotatable bonds is 1. The zero-order valence-corrected chi connectivity index (χ0v) is 12.6. The molecule has 0 unspecified atom stereocenters. The number of aromatic nitrogens is 1. The summed E-state index contributed by atoms with van der Waals surface area (Å²) in [5, 5.41) is 3.28. The summed E-state index contributed by atoms with van der Waals surface area (Å²) in [6.07, 6.45) is 0.812. The van der Waals surface area contributed by atoms with Crippen molar-refractivity contribution in [3.63, 3.8) is 0 Å². The monoisotopic (exact) mass is 336 g/mol. The van der Waals surface area contributed by atoms with Gasteiger partial charge in [-0.1, -0.05) is 0 Å². The molecule has 1 N–H and O–H groups in total. The van der Waals surface area contributed by atoms with Crippen molar-refractivity contribution >= 4 is 21.8 Å². The molecule has 1 aliphatic rings. The van der Waals surface area contributed by atoms with Crippen molar-refractivity contribution in [3.8, 4) is 0 Å². The van der Waals surface area contributed by atoms with Crippen LogP contribution in [0.5, 0.6) is 0 Å². The molecule has 20 heavy (non-hydrogen) atoms. The average Bonchev–Trinajstić information content (AvgIpc) is 2.77. The van der Waals surface area contributed by atoms with Crippen LogP contribution >= 0.6 is 15.9 Å². The lowest BCUT2D eigenvalue weighted by atomic mass is 10.1. The number of halogens is 2. The predicted octanol–water partition coefficient (Wildman–Crippen LogP) is 3.03. The fourth-order valence-corrected chi connectivity index (χ4v) is 3.20. The largest absolute Gasteiger partial charge is 0.312 e. The van der Waals surface area contributed by atoms with E-state index in [1.165, 1.54) is 12.1 Å². The van der Waals surface area contributed by atoms with Crippen molar-refractivity contribution in [2.75, 3.05) is 6.54 Å². The van der Waals surface area contributed by atoms with Crippen LogP contribution in [-0.4, -0.2) is 17.0 Å². The molecule has 0 bridgehead atoms. The minimum absolute atomic E-state index is 0.122. The summed E-state index contributed by atoms with van der Waals surface area (Å²) >= 11 is 3.45. The molecule has 0 fully saturated rings. The van der Waals surface area contributed by atoms with Crippen LogP contribution < -0.4 is 5.32 Å². The van der Waals surface area contributed by atoms with Crippen LogP contribution in [0.15, 0.2) is 28.9 Å². The molecule has 0 spiro atoms. The van der Waals surface area contributed by atoms with Crippen LogP contribution in [0.3, 0.4) is 0 Å². The quantitative estimate of drug-likeness (QED) is 0.868. The normalized spacial score (nSPS) is 14.2. The van der Waals surface area contributed by atoms with Crippen molar-refractivity contribution in [3.05, 3.63) is 57.1 Å². The first-order chi connectivity index (χ1) is 9.58. The number of nitrogens with one attached hydrogen (secondary N) is 1. The molecule has 0 saturated heterocycles. The molecular weight excluding hydrogens is 323 g/mol. The molecule has 0 aliphatic carbocycles. The minimum atomic E-state index is -0.292. The van der Waals surface area contributed by atoms with Crippen LogP contribution in [-0.2, 0) is 13.0 Å². The second kappa shape index (κ2) is 5.14. The van der Waals surface area contributed by atoms with Gasteiger partial charge >= 0.3 is 0 Å². The average molecular weight is 337 g/mol. The van der Waals surface area contributed by atoms with Crippen molar-refractivity contribution in [2.45, 2.75) is 19.9 Å². The van der Waals surface area contributed by atoms with Gasteiger partial charge in [-0.05, 0) is 58.2 Å². The number of nitrogens with zero attached hydrogens (tertiary/aromatic N) is 1. The number of fused-ring (bicyclic) bond motifs is 1. The van der Waals surface area contributed by atoms with E-state index in [0.717, 1.165) is 35.4 Å². The van der Waals surface area contributed by atoms with Crippen LogP contribution in [0.25, 0.3) is 0 Å². The fraction of sp³-hybridized carbons (Fsp3) is 0.267. The molecule has 1 aliphatic heterocycles. The van der Waals surface area contributed by atoms with Gasteiger partial charge in [0.2, 0.25) is 0 Å². The number of hydrogen-bond acceptors (Lipinski definition) is 2. The van der Waals surface area contributed by atoms with E-state index in [2.05, 4.69) is 21.2 Å². The molecular formula is C15H14BrFN2O. The van der Waals surface area contributed by atoms with Gasteiger partial charge in [-0.2, -0.15) is 0 Å². The smallest absolute Gasteiger partial charge is 0.263 e. The Bertz CT molecular complexity index is 693. The first-order valence-corrected chi connectivity index (χ1v) is 7.28. The van der Waals surface area contributed by atoms with Crippen LogP contribution in [0.1, 0.15) is 27.2 Å². The number of hydrogen-bond donors (Lipinski definition) is 1. The van der Waals surface area contributed by atoms with Crippen LogP contribution in [0.4, 0.5) is 4.39 Å².